The predicted octanol–water partition coefficient (Wildman–Crippen LogP) is 4.79. The van der Waals surface area contributed by atoms with E-state index in [2.05, 4.69) is 0 Å². The minimum atomic E-state index is -0.864. The van der Waals surface area contributed by atoms with E-state index < -0.39 is 17.1 Å². The summed E-state index contributed by atoms with van der Waals surface area (Å²) in [6.07, 6.45) is 0. The van der Waals surface area contributed by atoms with Crippen LogP contribution >= 0.6 is 11.8 Å². The van der Waals surface area contributed by atoms with Crippen LogP contribution in [0.15, 0.2) is 89.3 Å². The van der Waals surface area contributed by atoms with Gasteiger partial charge in [0.1, 0.15) is 22.6 Å². The molecule has 1 amide bonds. The van der Waals surface area contributed by atoms with Crippen LogP contribution in [0, 0.1) is 0 Å². The molecule has 32 heavy (non-hydrogen) atoms. The van der Waals surface area contributed by atoms with Gasteiger partial charge in [-0.3, -0.25) is 14.5 Å². The first-order chi connectivity index (χ1) is 15.5. The zero-order valence-corrected chi connectivity index (χ0v) is 18.1. The molecule has 4 rings (SSSR count). The molecule has 0 bridgehead atoms. The molecule has 1 atom stereocenters. The van der Waals surface area contributed by atoms with Crippen LogP contribution in [0.1, 0.15) is 12.5 Å². The van der Waals surface area contributed by atoms with Crippen molar-refractivity contribution < 1.29 is 24.5 Å². The molecule has 1 aliphatic rings. The summed E-state index contributed by atoms with van der Waals surface area (Å²) in [5.41, 5.74) is 0.562. The number of para-hydroxylation sites is 2. The van der Waals surface area contributed by atoms with Gasteiger partial charge >= 0.3 is 5.91 Å². The second-order valence-electron chi connectivity index (χ2n) is 7.00. The Labute approximate surface area is 189 Å². The molecule has 0 saturated carbocycles. The lowest BCUT2D eigenvalue weighted by Gasteiger charge is -2.25. The van der Waals surface area contributed by atoms with E-state index in [1.165, 1.54) is 22.7 Å². The van der Waals surface area contributed by atoms with E-state index >= 15 is 0 Å². The maximum absolute atomic E-state index is 13.1. The Morgan fingerprint density at radius 3 is 2.28 bits per heavy atom. The molecule has 1 heterocycles. The third-order valence-corrected chi connectivity index (χ3v) is 6.18. The number of rotatable bonds is 6. The highest BCUT2D eigenvalue weighted by molar-refractivity contribution is 8.00. The molecule has 1 unspecified atom stereocenters. The minimum absolute atomic E-state index is 0.0312. The predicted molar refractivity (Wildman–Crippen MR) is 124 cm³/mol. The molecule has 3 aromatic carbocycles. The van der Waals surface area contributed by atoms with Crippen LogP contribution < -0.4 is 9.64 Å². The summed E-state index contributed by atoms with van der Waals surface area (Å²) < 4.78 is 5.43. The maximum Gasteiger partial charge on any atom is 0.300 e. The monoisotopic (exact) mass is 447 g/mol. The van der Waals surface area contributed by atoms with Crippen molar-refractivity contribution in [1.29, 1.82) is 0 Å². The van der Waals surface area contributed by atoms with Crippen LogP contribution in [0.5, 0.6) is 11.5 Å². The van der Waals surface area contributed by atoms with E-state index in [1.807, 2.05) is 37.3 Å². The van der Waals surface area contributed by atoms with Gasteiger partial charge in [-0.1, -0.05) is 42.1 Å². The molecule has 1 fully saturated rings. The number of hydrogen-bond donors (Lipinski definition) is 2. The number of phenolic OH excluding ortho intramolecular Hbond substituents is 1. The lowest BCUT2D eigenvalue weighted by Crippen LogP contribution is -2.32. The second kappa shape index (κ2) is 9.20. The molecular formula is C25H21NO5S. The summed E-state index contributed by atoms with van der Waals surface area (Å²) in [6, 6.07) is 22.2. The van der Waals surface area contributed by atoms with Gasteiger partial charge in [-0.15, -0.1) is 0 Å². The lowest BCUT2D eigenvalue weighted by molar-refractivity contribution is -0.132. The number of ketones is 1. The summed E-state index contributed by atoms with van der Waals surface area (Å²) in [5.74, 6) is -1.40. The van der Waals surface area contributed by atoms with E-state index in [-0.39, 0.29) is 22.8 Å². The van der Waals surface area contributed by atoms with E-state index in [9.17, 15) is 19.8 Å². The van der Waals surface area contributed by atoms with Gasteiger partial charge < -0.3 is 14.9 Å². The Kier molecular flexibility index (Phi) is 6.18. The summed E-state index contributed by atoms with van der Waals surface area (Å²) in [7, 11) is 0. The summed E-state index contributed by atoms with van der Waals surface area (Å²) in [6.45, 7) is 2.37. The molecule has 0 aliphatic carbocycles. The van der Waals surface area contributed by atoms with Gasteiger partial charge in [0.2, 0.25) is 0 Å². The quantitative estimate of drug-likeness (QED) is 0.321. The first-order valence-corrected chi connectivity index (χ1v) is 10.9. The normalized spacial score (nSPS) is 17.5. The Bertz CT molecular complexity index is 1170. The van der Waals surface area contributed by atoms with Gasteiger partial charge in [0.05, 0.1) is 17.9 Å². The van der Waals surface area contributed by atoms with Gasteiger partial charge in [0, 0.05) is 10.5 Å². The van der Waals surface area contributed by atoms with Crippen LogP contribution in [-0.4, -0.2) is 33.9 Å². The topological polar surface area (TPSA) is 87.1 Å². The largest absolute Gasteiger partial charge is 0.507 e. The number of Topliss-reactive ketones (excluding diaryl/α,β-unsaturated/α-hetero) is 1. The second-order valence-corrected chi connectivity index (χ2v) is 8.15. The van der Waals surface area contributed by atoms with E-state index in [0.29, 0.717) is 17.9 Å². The number of aromatic hydroxyl groups is 1. The SMILES string of the molecule is CCOc1ccc(/C(O)=C2/C(=O)C(=O)N(c3ccccc3O)C2Sc2ccccc2)cc1. The Morgan fingerprint density at radius 1 is 0.969 bits per heavy atom. The molecule has 162 valence electrons. The van der Waals surface area contributed by atoms with Gasteiger partial charge in [-0.25, -0.2) is 0 Å². The number of amides is 1. The molecule has 1 aliphatic heterocycles. The number of carbonyl (C=O) groups excluding carboxylic acids is 2. The Balaban J connectivity index is 1.83. The molecule has 0 spiro atoms. The maximum atomic E-state index is 13.1. The van der Waals surface area contributed by atoms with Gasteiger partial charge in [-0.05, 0) is 55.5 Å². The number of hydrogen-bond acceptors (Lipinski definition) is 6. The number of phenols is 1. The number of thioether (sulfide) groups is 1. The van der Waals surface area contributed by atoms with Crippen LogP contribution in [0.25, 0.3) is 5.76 Å². The van der Waals surface area contributed by atoms with Crippen molar-refractivity contribution >= 4 is 34.9 Å². The van der Waals surface area contributed by atoms with Crippen molar-refractivity contribution in [2.75, 3.05) is 11.5 Å². The average molecular weight is 448 g/mol. The fourth-order valence-corrected chi connectivity index (χ4v) is 4.69. The highest BCUT2D eigenvalue weighted by Crippen LogP contribution is 2.43. The number of aliphatic hydroxyl groups is 1. The van der Waals surface area contributed by atoms with Crippen molar-refractivity contribution in [3.8, 4) is 11.5 Å². The smallest absolute Gasteiger partial charge is 0.300 e. The zero-order chi connectivity index (χ0) is 22.7. The van der Waals surface area contributed by atoms with Crippen molar-refractivity contribution in [2.45, 2.75) is 17.2 Å². The average Bonchev–Trinajstić information content (AvgIpc) is 3.04. The van der Waals surface area contributed by atoms with Crippen molar-refractivity contribution in [3.63, 3.8) is 0 Å². The Hall–Kier alpha value is -3.71. The minimum Gasteiger partial charge on any atom is -0.507 e. The number of benzene rings is 3. The third-order valence-electron chi connectivity index (χ3n) is 4.97. The summed E-state index contributed by atoms with van der Waals surface area (Å²) in [5, 5.41) is 20.6. The molecule has 0 aromatic heterocycles. The van der Waals surface area contributed by atoms with Crippen molar-refractivity contribution in [1.82, 2.24) is 0 Å². The molecule has 6 nitrogen and oxygen atoms in total. The highest BCUT2D eigenvalue weighted by atomic mass is 32.2. The van der Waals surface area contributed by atoms with Gasteiger partial charge in [0.25, 0.3) is 5.78 Å². The summed E-state index contributed by atoms with van der Waals surface area (Å²) in [4.78, 5) is 28.1. The zero-order valence-electron chi connectivity index (χ0n) is 17.3. The van der Waals surface area contributed by atoms with Crippen LogP contribution in [0.2, 0.25) is 0 Å². The lowest BCUT2D eigenvalue weighted by atomic mass is 10.1. The van der Waals surface area contributed by atoms with Gasteiger partial charge in [-0.2, -0.15) is 0 Å². The first-order valence-electron chi connectivity index (χ1n) is 10.0. The fraction of sp³-hybridized carbons (Fsp3) is 0.120. The fourth-order valence-electron chi connectivity index (χ4n) is 3.47. The van der Waals surface area contributed by atoms with Crippen LogP contribution in [0.3, 0.4) is 0 Å². The Morgan fingerprint density at radius 2 is 1.62 bits per heavy atom. The summed E-state index contributed by atoms with van der Waals surface area (Å²) >= 11 is 1.24. The molecule has 7 heteroatoms. The molecule has 3 aromatic rings. The number of anilines is 1. The standard InChI is InChI=1S/C25H21NO5S/c1-2-31-17-14-12-16(13-15-17)22(28)21-23(29)24(30)26(19-10-6-7-11-20(19)27)25(21)32-18-8-4-3-5-9-18/h3-15,25,27-28H,2H2,1H3/b22-21+. The van der Waals surface area contributed by atoms with E-state index in [4.69, 9.17) is 4.74 Å². The number of nitrogens with zero attached hydrogens (tertiary/aromatic N) is 1. The van der Waals surface area contributed by atoms with Crippen molar-refractivity contribution in [2.24, 2.45) is 0 Å². The number of ether oxygens (including phenoxy) is 1. The van der Waals surface area contributed by atoms with E-state index in [0.717, 1.165) is 4.90 Å². The molecular weight excluding hydrogens is 426 g/mol. The molecule has 1 saturated heterocycles. The molecule has 2 N–H and O–H groups in total. The van der Waals surface area contributed by atoms with Crippen LogP contribution in [0.4, 0.5) is 5.69 Å². The van der Waals surface area contributed by atoms with E-state index in [1.54, 1.807) is 42.5 Å². The first kappa shape index (κ1) is 21.5. The highest BCUT2D eigenvalue weighted by Gasteiger charge is 2.47. The molecule has 0 radical (unpaired) electrons. The third kappa shape index (κ3) is 4.07. The number of carbonyl (C=O) groups is 2. The van der Waals surface area contributed by atoms with Crippen molar-refractivity contribution in [3.05, 3.63) is 90.0 Å². The van der Waals surface area contributed by atoms with Gasteiger partial charge in [0.15, 0.2) is 0 Å². The number of aliphatic hydroxyl groups excluding tert-OH is 1. The van der Waals surface area contributed by atoms with Crippen LogP contribution in [-0.2, 0) is 9.59 Å².